The predicted molar refractivity (Wildman–Crippen MR) is 63.7 cm³/mol. The fourth-order valence-electron chi connectivity index (χ4n) is 1.52. The van der Waals surface area contributed by atoms with Gasteiger partial charge in [-0.05, 0) is 25.1 Å². The Kier molecular flexibility index (Phi) is 5.02. The highest BCUT2D eigenvalue weighted by molar-refractivity contribution is 6.18. The number of hydrogen-bond acceptors (Lipinski definition) is 1. The van der Waals surface area contributed by atoms with Crippen molar-refractivity contribution in [2.45, 2.75) is 13.1 Å². The van der Waals surface area contributed by atoms with Crippen LogP contribution in [0.2, 0.25) is 0 Å². The summed E-state index contributed by atoms with van der Waals surface area (Å²) in [4.78, 5) is 13.4. The summed E-state index contributed by atoms with van der Waals surface area (Å²) in [6.45, 7) is 2.47. The molecule has 1 amide bonds. The average molecular weight is 280 g/mol. The monoisotopic (exact) mass is 279 g/mol. The van der Waals surface area contributed by atoms with Crippen molar-refractivity contribution < 1.29 is 18.0 Å². The molecular weight excluding hydrogens is 267 g/mol. The minimum atomic E-state index is -4.44. The van der Waals surface area contributed by atoms with Crippen molar-refractivity contribution in [2.75, 3.05) is 19.0 Å². The van der Waals surface area contributed by atoms with E-state index in [9.17, 15) is 18.0 Å². The second-order valence-corrected chi connectivity index (χ2v) is 4.03. The van der Waals surface area contributed by atoms with E-state index >= 15 is 0 Å². The Hall–Kier alpha value is -1.23. The lowest BCUT2D eigenvalue weighted by atomic mass is 10.1. The summed E-state index contributed by atoms with van der Waals surface area (Å²) in [6, 6.07) is 4.40. The number of alkyl halides is 4. The van der Waals surface area contributed by atoms with Gasteiger partial charge >= 0.3 is 6.18 Å². The van der Waals surface area contributed by atoms with Gasteiger partial charge < -0.3 is 4.90 Å². The van der Waals surface area contributed by atoms with Crippen LogP contribution in [0.15, 0.2) is 24.3 Å². The van der Waals surface area contributed by atoms with Crippen molar-refractivity contribution in [1.29, 1.82) is 0 Å². The first-order chi connectivity index (χ1) is 8.40. The van der Waals surface area contributed by atoms with Crippen LogP contribution >= 0.6 is 11.6 Å². The SMILES string of the molecule is CCN(CCCl)C(=O)c1cccc(C(F)(F)F)c1. The molecule has 2 nitrogen and oxygen atoms in total. The third kappa shape index (κ3) is 3.63. The molecule has 0 atom stereocenters. The van der Waals surface area contributed by atoms with E-state index < -0.39 is 17.6 Å². The van der Waals surface area contributed by atoms with E-state index in [2.05, 4.69) is 0 Å². The van der Waals surface area contributed by atoms with Gasteiger partial charge in [0.05, 0.1) is 5.56 Å². The van der Waals surface area contributed by atoms with E-state index in [1.54, 1.807) is 6.92 Å². The van der Waals surface area contributed by atoms with Crippen molar-refractivity contribution in [3.63, 3.8) is 0 Å². The number of benzene rings is 1. The fourth-order valence-corrected chi connectivity index (χ4v) is 1.72. The summed E-state index contributed by atoms with van der Waals surface area (Å²) >= 11 is 5.54. The van der Waals surface area contributed by atoms with Crippen LogP contribution in [0.3, 0.4) is 0 Å². The van der Waals surface area contributed by atoms with Crippen LogP contribution in [0, 0.1) is 0 Å². The molecule has 18 heavy (non-hydrogen) atoms. The van der Waals surface area contributed by atoms with Crippen LogP contribution < -0.4 is 0 Å². The van der Waals surface area contributed by atoms with Gasteiger partial charge in [-0.15, -0.1) is 11.6 Å². The molecule has 0 aliphatic carbocycles. The molecule has 0 fully saturated rings. The number of nitrogens with zero attached hydrogens (tertiary/aromatic N) is 1. The maximum atomic E-state index is 12.5. The Morgan fingerprint density at radius 3 is 2.56 bits per heavy atom. The number of rotatable bonds is 4. The van der Waals surface area contributed by atoms with Crippen molar-refractivity contribution in [2.24, 2.45) is 0 Å². The Bertz CT molecular complexity index is 420. The average Bonchev–Trinajstić information content (AvgIpc) is 2.34. The molecule has 1 aromatic carbocycles. The lowest BCUT2D eigenvalue weighted by Crippen LogP contribution is -2.32. The first-order valence-corrected chi connectivity index (χ1v) is 5.96. The first kappa shape index (κ1) is 14.8. The van der Waals surface area contributed by atoms with Gasteiger partial charge in [0.2, 0.25) is 0 Å². The maximum Gasteiger partial charge on any atom is 0.416 e. The maximum absolute atomic E-state index is 12.5. The van der Waals surface area contributed by atoms with E-state index in [-0.39, 0.29) is 11.4 Å². The second-order valence-electron chi connectivity index (χ2n) is 3.65. The number of carbonyl (C=O) groups excluding carboxylic acids is 1. The highest BCUT2D eigenvalue weighted by atomic mass is 35.5. The molecule has 0 aromatic heterocycles. The predicted octanol–water partition coefficient (Wildman–Crippen LogP) is 3.41. The van der Waals surface area contributed by atoms with Crippen molar-refractivity contribution in [3.05, 3.63) is 35.4 Å². The van der Waals surface area contributed by atoms with E-state index in [0.29, 0.717) is 13.1 Å². The summed E-state index contributed by atoms with van der Waals surface area (Å²) in [5.41, 5.74) is -0.799. The number of hydrogen-bond donors (Lipinski definition) is 0. The van der Waals surface area contributed by atoms with Crippen LogP contribution in [-0.4, -0.2) is 29.8 Å². The standard InChI is InChI=1S/C12H13ClF3NO/c1-2-17(7-6-13)11(18)9-4-3-5-10(8-9)12(14,15)16/h3-5,8H,2,6-7H2,1H3. The fraction of sp³-hybridized carbons (Fsp3) is 0.417. The molecule has 0 saturated carbocycles. The van der Waals surface area contributed by atoms with E-state index in [4.69, 9.17) is 11.6 Å². The molecule has 0 spiro atoms. The highest BCUT2D eigenvalue weighted by Gasteiger charge is 2.31. The first-order valence-electron chi connectivity index (χ1n) is 5.42. The molecule has 0 bridgehead atoms. The minimum absolute atomic E-state index is 0.0248. The van der Waals surface area contributed by atoms with Crippen molar-refractivity contribution in [1.82, 2.24) is 4.90 Å². The van der Waals surface area contributed by atoms with Gasteiger partial charge in [-0.25, -0.2) is 0 Å². The molecule has 1 aromatic rings. The molecule has 100 valence electrons. The van der Waals surface area contributed by atoms with Crippen LogP contribution in [0.5, 0.6) is 0 Å². The normalized spacial score (nSPS) is 11.4. The molecule has 1 rings (SSSR count). The highest BCUT2D eigenvalue weighted by Crippen LogP contribution is 2.29. The summed E-state index contributed by atoms with van der Waals surface area (Å²) in [5.74, 6) is -0.192. The van der Waals surface area contributed by atoms with Crippen LogP contribution in [0.1, 0.15) is 22.8 Å². The minimum Gasteiger partial charge on any atom is -0.338 e. The third-order valence-corrected chi connectivity index (χ3v) is 2.63. The quantitative estimate of drug-likeness (QED) is 0.774. The molecule has 0 heterocycles. The third-order valence-electron chi connectivity index (χ3n) is 2.46. The molecular formula is C12H13ClF3NO. The lowest BCUT2D eigenvalue weighted by Gasteiger charge is -2.20. The van der Waals surface area contributed by atoms with Gasteiger partial charge in [0.25, 0.3) is 5.91 Å². The van der Waals surface area contributed by atoms with E-state index in [1.807, 2.05) is 0 Å². The zero-order valence-electron chi connectivity index (χ0n) is 9.80. The zero-order chi connectivity index (χ0) is 13.8. The number of amides is 1. The molecule has 0 unspecified atom stereocenters. The Labute approximate surface area is 108 Å². The molecule has 0 radical (unpaired) electrons. The van der Waals surface area contributed by atoms with Gasteiger partial charge in [-0.1, -0.05) is 6.07 Å². The second kappa shape index (κ2) is 6.09. The smallest absolute Gasteiger partial charge is 0.338 e. The Morgan fingerprint density at radius 2 is 2.06 bits per heavy atom. The van der Waals surface area contributed by atoms with Gasteiger partial charge in [0, 0.05) is 24.5 Å². The topological polar surface area (TPSA) is 20.3 Å². The van der Waals surface area contributed by atoms with Crippen LogP contribution in [-0.2, 0) is 6.18 Å². The summed E-state index contributed by atoms with van der Waals surface area (Å²) < 4.78 is 37.5. The Morgan fingerprint density at radius 1 is 1.39 bits per heavy atom. The van der Waals surface area contributed by atoms with Gasteiger partial charge in [0.1, 0.15) is 0 Å². The van der Waals surface area contributed by atoms with Crippen molar-refractivity contribution >= 4 is 17.5 Å². The van der Waals surface area contributed by atoms with E-state index in [0.717, 1.165) is 12.1 Å². The summed E-state index contributed by atoms with van der Waals surface area (Å²) in [6.07, 6.45) is -4.44. The zero-order valence-corrected chi connectivity index (χ0v) is 10.6. The molecule has 0 N–H and O–H groups in total. The van der Waals surface area contributed by atoms with Gasteiger partial charge in [-0.2, -0.15) is 13.2 Å². The number of carbonyl (C=O) groups is 1. The number of halogens is 4. The van der Waals surface area contributed by atoms with Crippen LogP contribution in [0.4, 0.5) is 13.2 Å². The summed E-state index contributed by atoms with van der Waals surface area (Å²) in [5, 5.41) is 0. The van der Waals surface area contributed by atoms with Gasteiger partial charge in [0.15, 0.2) is 0 Å². The van der Waals surface area contributed by atoms with Gasteiger partial charge in [-0.3, -0.25) is 4.79 Å². The molecule has 0 aliphatic rings. The molecule has 0 aliphatic heterocycles. The van der Waals surface area contributed by atoms with Crippen LogP contribution in [0.25, 0.3) is 0 Å². The largest absolute Gasteiger partial charge is 0.416 e. The Balaban J connectivity index is 2.99. The lowest BCUT2D eigenvalue weighted by molar-refractivity contribution is -0.137. The van der Waals surface area contributed by atoms with Crippen molar-refractivity contribution in [3.8, 4) is 0 Å². The molecule has 0 saturated heterocycles. The van der Waals surface area contributed by atoms with E-state index in [1.165, 1.54) is 17.0 Å². The molecule has 6 heteroatoms. The summed E-state index contributed by atoms with van der Waals surface area (Å²) in [7, 11) is 0.